The molecule has 0 radical (unpaired) electrons. The number of hydrogen-bond donors (Lipinski definition) is 0. The number of hydrogen-bond acceptors (Lipinski definition) is 4. The minimum atomic E-state index is -0.653. The summed E-state index contributed by atoms with van der Waals surface area (Å²) in [6.45, 7) is 9.12. The molecule has 0 saturated carbocycles. The zero-order chi connectivity index (χ0) is 20.2. The highest BCUT2D eigenvalue weighted by Gasteiger charge is 2.19. The van der Waals surface area contributed by atoms with Crippen LogP contribution in [0.15, 0.2) is 42.0 Å². The van der Waals surface area contributed by atoms with Crippen LogP contribution in [-0.2, 0) is 9.53 Å². The smallest absolute Gasteiger partial charge is 0.349 e. The van der Waals surface area contributed by atoms with E-state index in [9.17, 15) is 10.1 Å². The first-order valence-corrected chi connectivity index (χ1v) is 8.86. The van der Waals surface area contributed by atoms with Gasteiger partial charge in [-0.25, -0.2) is 4.79 Å². The molecule has 2 rings (SSSR count). The van der Waals surface area contributed by atoms with Crippen LogP contribution >= 0.6 is 11.6 Å². The Kier molecular flexibility index (Phi) is 6.30. The lowest BCUT2D eigenvalue weighted by Gasteiger charge is -2.18. The molecule has 0 amide bonds. The second-order valence-electron chi connectivity index (χ2n) is 7.21. The number of benzene rings is 2. The minimum absolute atomic E-state index is 0.0532. The highest BCUT2D eigenvalue weighted by molar-refractivity contribution is 6.32. The van der Waals surface area contributed by atoms with E-state index >= 15 is 0 Å². The van der Waals surface area contributed by atoms with Gasteiger partial charge in [-0.3, -0.25) is 0 Å². The Morgan fingerprint density at radius 2 is 1.63 bits per heavy atom. The molecule has 140 valence electrons. The van der Waals surface area contributed by atoms with Crippen molar-refractivity contribution in [1.29, 1.82) is 5.26 Å². The Labute approximate surface area is 165 Å². The molecule has 0 aromatic heterocycles. The second-order valence-corrected chi connectivity index (χ2v) is 7.59. The lowest BCUT2D eigenvalue weighted by atomic mass is 10.1. The predicted molar refractivity (Wildman–Crippen MR) is 107 cm³/mol. The number of nitrogens with zero attached hydrogens (tertiary/aromatic N) is 1. The van der Waals surface area contributed by atoms with Crippen molar-refractivity contribution in [1.82, 2.24) is 0 Å². The van der Waals surface area contributed by atoms with Gasteiger partial charge in [0, 0.05) is 5.02 Å². The van der Waals surface area contributed by atoms with E-state index in [2.05, 4.69) is 0 Å². The Hall–Kier alpha value is -2.77. The van der Waals surface area contributed by atoms with Crippen molar-refractivity contribution >= 4 is 23.6 Å². The SMILES string of the molecule is Cc1cc(Oc2ccc(/C=C(\C#N)C(=O)OC(C)(C)C)cc2)cc(C)c1Cl. The van der Waals surface area contributed by atoms with Gasteiger partial charge in [0.1, 0.15) is 28.7 Å². The van der Waals surface area contributed by atoms with Gasteiger partial charge >= 0.3 is 5.97 Å². The van der Waals surface area contributed by atoms with E-state index in [4.69, 9.17) is 21.1 Å². The summed E-state index contributed by atoms with van der Waals surface area (Å²) in [5.41, 5.74) is 1.89. The van der Waals surface area contributed by atoms with Crippen molar-refractivity contribution in [3.63, 3.8) is 0 Å². The number of carbonyl (C=O) groups excluding carboxylic acids is 1. The van der Waals surface area contributed by atoms with E-state index in [1.807, 2.05) is 32.0 Å². The summed E-state index contributed by atoms with van der Waals surface area (Å²) in [6, 6.07) is 12.7. The quantitative estimate of drug-likeness (QED) is 0.369. The highest BCUT2D eigenvalue weighted by atomic mass is 35.5. The fraction of sp³-hybridized carbons (Fsp3) is 0.273. The Morgan fingerprint density at radius 3 is 2.11 bits per heavy atom. The minimum Gasteiger partial charge on any atom is -0.457 e. The molecule has 0 atom stereocenters. The first-order chi connectivity index (χ1) is 12.6. The molecule has 27 heavy (non-hydrogen) atoms. The summed E-state index contributed by atoms with van der Waals surface area (Å²) in [7, 11) is 0. The Morgan fingerprint density at radius 1 is 1.07 bits per heavy atom. The molecule has 0 aliphatic heterocycles. The second kappa shape index (κ2) is 8.28. The summed E-state index contributed by atoms with van der Waals surface area (Å²) >= 11 is 6.18. The average Bonchev–Trinajstić information content (AvgIpc) is 2.57. The molecule has 0 N–H and O–H groups in total. The lowest BCUT2D eigenvalue weighted by Crippen LogP contribution is -2.24. The molecule has 0 saturated heterocycles. The third kappa shape index (κ3) is 5.87. The molecule has 0 fully saturated rings. The van der Waals surface area contributed by atoms with E-state index in [0.717, 1.165) is 16.1 Å². The van der Waals surface area contributed by atoms with Gasteiger partial charge in [-0.05, 0) is 81.7 Å². The van der Waals surface area contributed by atoms with Gasteiger partial charge in [0.2, 0.25) is 0 Å². The van der Waals surface area contributed by atoms with Crippen LogP contribution in [-0.4, -0.2) is 11.6 Å². The van der Waals surface area contributed by atoms with Crippen LogP contribution < -0.4 is 4.74 Å². The zero-order valence-corrected chi connectivity index (χ0v) is 16.8. The summed E-state index contributed by atoms with van der Waals surface area (Å²) in [6.07, 6.45) is 1.49. The lowest BCUT2D eigenvalue weighted by molar-refractivity contribution is -0.149. The molecule has 2 aromatic carbocycles. The first-order valence-electron chi connectivity index (χ1n) is 8.49. The molecule has 2 aromatic rings. The topological polar surface area (TPSA) is 59.3 Å². The maximum absolute atomic E-state index is 12.0. The third-order valence-electron chi connectivity index (χ3n) is 3.58. The molecule has 5 heteroatoms. The molecule has 0 aliphatic carbocycles. The van der Waals surface area contributed by atoms with Crippen molar-refractivity contribution in [2.75, 3.05) is 0 Å². The standard InChI is InChI=1S/C22H22ClNO3/c1-14-10-19(11-15(2)20(14)23)26-18-8-6-16(7-9-18)12-17(13-24)21(25)27-22(3,4)5/h6-12H,1-5H3/b17-12+. The van der Waals surface area contributed by atoms with Crippen molar-refractivity contribution < 1.29 is 14.3 Å². The summed E-state index contributed by atoms with van der Waals surface area (Å²) in [5.74, 6) is 0.700. The molecular weight excluding hydrogens is 362 g/mol. The average molecular weight is 384 g/mol. The zero-order valence-electron chi connectivity index (χ0n) is 16.1. The summed E-state index contributed by atoms with van der Waals surface area (Å²) in [4.78, 5) is 12.0. The number of esters is 1. The van der Waals surface area contributed by atoms with Crippen LogP contribution in [0.3, 0.4) is 0 Å². The number of aryl methyl sites for hydroxylation is 2. The van der Waals surface area contributed by atoms with E-state index < -0.39 is 11.6 Å². The molecule has 0 unspecified atom stereocenters. The van der Waals surface area contributed by atoms with Crippen LogP contribution in [0.2, 0.25) is 5.02 Å². The maximum Gasteiger partial charge on any atom is 0.349 e. The van der Waals surface area contributed by atoms with E-state index in [1.54, 1.807) is 45.0 Å². The Bertz CT molecular complexity index is 893. The fourth-order valence-electron chi connectivity index (χ4n) is 2.37. The highest BCUT2D eigenvalue weighted by Crippen LogP contribution is 2.29. The van der Waals surface area contributed by atoms with Crippen molar-refractivity contribution in [3.8, 4) is 17.6 Å². The van der Waals surface area contributed by atoms with Crippen molar-refractivity contribution in [2.45, 2.75) is 40.2 Å². The van der Waals surface area contributed by atoms with Gasteiger partial charge in [-0.2, -0.15) is 5.26 Å². The van der Waals surface area contributed by atoms with E-state index in [-0.39, 0.29) is 5.57 Å². The molecular formula is C22H22ClNO3. The van der Waals surface area contributed by atoms with Crippen molar-refractivity contribution in [3.05, 3.63) is 63.7 Å². The summed E-state index contributed by atoms with van der Waals surface area (Å²) in [5, 5.41) is 9.95. The number of halogens is 1. The largest absolute Gasteiger partial charge is 0.457 e. The van der Waals surface area contributed by atoms with Crippen LogP contribution in [0.25, 0.3) is 6.08 Å². The predicted octanol–water partition coefficient (Wildman–Crippen LogP) is 6.00. The number of rotatable bonds is 4. The third-order valence-corrected chi connectivity index (χ3v) is 4.17. The van der Waals surface area contributed by atoms with Gasteiger partial charge in [0.05, 0.1) is 0 Å². The van der Waals surface area contributed by atoms with Gasteiger partial charge < -0.3 is 9.47 Å². The number of nitriles is 1. The number of carbonyl (C=O) groups is 1. The summed E-state index contributed by atoms with van der Waals surface area (Å²) < 4.78 is 11.1. The first kappa shape index (κ1) is 20.5. The molecule has 4 nitrogen and oxygen atoms in total. The van der Waals surface area contributed by atoms with Crippen LogP contribution in [0, 0.1) is 25.2 Å². The molecule has 0 spiro atoms. The maximum atomic E-state index is 12.0. The van der Waals surface area contributed by atoms with Gasteiger partial charge in [0.15, 0.2) is 0 Å². The van der Waals surface area contributed by atoms with Gasteiger partial charge in [0.25, 0.3) is 0 Å². The fourth-order valence-corrected chi connectivity index (χ4v) is 2.48. The Balaban J connectivity index is 2.17. The monoisotopic (exact) mass is 383 g/mol. The van der Waals surface area contributed by atoms with Gasteiger partial charge in [-0.15, -0.1) is 0 Å². The molecule has 0 heterocycles. The molecule has 0 bridgehead atoms. The molecule has 0 aliphatic rings. The van der Waals surface area contributed by atoms with Crippen molar-refractivity contribution in [2.24, 2.45) is 0 Å². The van der Waals surface area contributed by atoms with E-state index in [1.165, 1.54) is 6.08 Å². The van der Waals surface area contributed by atoms with Crippen LogP contribution in [0.4, 0.5) is 0 Å². The number of ether oxygens (including phenoxy) is 2. The normalized spacial score (nSPS) is 11.7. The van der Waals surface area contributed by atoms with Crippen LogP contribution in [0.1, 0.15) is 37.5 Å². The van der Waals surface area contributed by atoms with Gasteiger partial charge in [-0.1, -0.05) is 23.7 Å². The van der Waals surface area contributed by atoms with Crippen LogP contribution in [0.5, 0.6) is 11.5 Å². The van der Waals surface area contributed by atoms with E-state index in [0.29, 0.717) is 17.1 Å².